The zero-order valence-electron chi connectivity index (χ0n) is 58.0. The lowest BCUT2D eigenvalue weighted by atomic mass is 10.2. The van der Waals surface area contributed by atoms with Crippen LogP contribution in [-0.2, 0) is 95.4 Å². The van der Waals surface area contributed by atoms with Gasteiger partial charge in [-0.15, -0.1) is 0 Å². The number of carbonyl (C=O) groups is 10. The molecule has 0 bridgehead atoms. The maximum atomic E-state index is 12.2. The van der Waals surface area contributed by atoms with Crippen LogP contribution in [0, 0.1) is 5.92 Å². The third-order valence-electron chi connectivity index (χ3n) is 12.3. The number of unbranched alkanes of at least 4 members (excludes halogenated alkanes) is 8. The van der Waals surface area contributed by atoms with Gasteiger partial charge in [0, 0.05) is 61.5 Å². The summed E-state index contributed by atoms with van der Waals surface area (Å²) in [6, 6.07) is 0. The Hall–Kier alpha value is -7.66. The van der Waals surface area contributed by atoms with E-state index in [0.29, 0.717) is 110 Å². The van der Waals surface area contributed by atoms with E-state index in [4.69, 9.17) is 71.5 Å². The molecule has 0 saturated carbocycles. The number of carbonyl (C=O) groups excluding carboxylic acids is 10. The van der Waals surface area contributed by atoms with Crippen molar-refractivity contribution in [2.75, 3.05) is 171 Å². The lowest BCUT2D eigenvalue weighted by molar-refractivity contribution is -0.372. The average molecular weight is 1390 g/mol. The first-order valence-corrected chi connectivity index (χ1v) is 32.9. The minimum absolute atomic E-state index is 0.0257. The summed E-state index contributed by atoms with van der Waals surface area (Å²) in [4.78, 5) is 144. The molecule has 0 saturated heterocycles. The van der Waals surface area contributed by atoms with Gasteiger partial charge in [0.2, 0.25) is 0 Å². The largest absolute Gasteiger partial charge is 0.464 e. The van der Waals surface area contributed by atoms with Gasteiger partial charge in [0.05, 0.1) is 111 Å². The fourth-order valence-corrected chi connectivity index (χ4v) is 6.97. The number of nitrogens with one attached hydrogen (secondary N) is 5. The van der Waals surface area contributed by atoms with E-state index in [1.54, 1.807) is 24.0 Å². The van der Waals surface area contributed by atoms with Crippen LogP contribution in [0.1, 0.15) is 125 Å². The Bertz CT molecular complexity index is 2250. The molecule has 0 aromatic heterocycles. The SMILES string of the molecule is C=C(C)C(=O)OCCNC(=O)OCCCCCON(CCOCCCOC(=O)NCCOC(=O)C(=C)C)CCN(CCN(OCCCCCOC(=O)NCCOC(=O)C(=C)C)OCCCCCOC(=O)NCCOC(=O)C(C)C)OCCCCCOC(=O)NCCOC(=O)C(=C)C. The minimum Gasteiger partial charge on any atom is -0.464 e. The van der Waals surface area contributed by atoms with Gasteiger partial charge in [-0.05, 0) is 105 Å². The lowest BCUT2D eigenvalue weighted by Gasteiger charge is -2.29. The second kappa shape index (κ2) is 60.7. The van der Waals surface area contributed by atoms with Crippen LogP contribution >= 0.6 is 0 Å². The summed E-state index contributed by atoms with van der Waals surface area (Å²) >= 11 is 0. The molecule has 5 N–H and O–H groups in total. The van der Waals surface area contributed by atoms with Crippen molar-refractivity contribution >= 4 is 60.3 Å². The number of amides is 5. The van der Waals surface area contributed by atoms with Crippen molar-refractivity contribution in [3.63, 3.8) is 0 Å². The van der Waals surface area contributed by atoms with Crippen molar-refractivity contribution in [3.05, 3.63) is 48.6 Å². The topological polar surface area (TPSA) is 379 Å². The lowest BCUT2D eigenvalue weighted by Crippen LogP contribution is -2.41. The zero-order chi connectivity index (χ0) is 72.1. The molecule has 0 unspecified atom stereocenters. The van der Waals surface area contributed by atoms with E-state index >= 15 is 0 Å². The molecule has 0 radical (unpaired) electrons. The molecular weight excluding hydrogens is 1280 g/mol. The van der Waals surface area contributed by atoms with Crippen LogP contribution in [0.3, 0.4) is 0 Å². The highest BCUT2D eigenvalue weighted by Gasteiger charge is 2.17. The first-order valence-electron chi connectivity index (χ1n) is 32.9. The second-order valence-corrected chi connectivity index (χ2v) is 21.8. The summed E-state index contributed by atoms with van der Waals surface area (Å²) in [5.41, 5.74) is 0.972. The van der Waals surface area contributed by atoms with Gasteiger partial charge in [-0.25, -0.2) is 43.2 Å². The number of hydrogen-bond donors (Lipinski definition) is 5. The van der Waals surface area contributed by atoms with Gasteiger partial charge in [-0.3, -0.25) is 24.1 Å². The second-order valence-electron chi connectivity index (χ2n) is 21.8. The fourth-order valence-electron chi connectivity index (χ4n) is 6.97. The highest BCUT2D eigenvalue weighted by molar-refractivity contribution is 5.88. The standard InChI is InChI=1S/C64H110N8O25/c1-50(2)55(73)84-44-24-65-60(78)89-35-15-11-19-40-94-70(29-30-71(33-49-83-34-23-39-93-64(82)69-28-48-88-59(77)54(9)10)95-41-20-12-16-36-90-61(79)66-25-45-85-56(74)51(3)4)31-32-72(96-42-21-13-17-37-91-62(80)67-26-46-86-57(75)52(5)6)97-43-22-14-18-38-92-63(81)68-27-47-87-58(76)53(7)8/h53H,1,3,5,9,11-49H2,2,4,6-8,10H3,(H,65,78)(H,66,79)(H,67,80)(H,68,81)(H,69,82). The molecule has 33 nitrogen and oxygen atoms in total. The highest BCUT2D eigenvalue weighted by Crippen LogP contribution is 2.08. The van der Waals surface area contributed by atoms with E-state index in [1.807, 2.05) is 0 Å². The molecule has 5 amide bonds. The smallest absolute Gasteiger partial charge is 0.407 e. The van der Waals surface area contributed by atoms with Gasteiger partial charge < -0.3 is 78.7 Å². The van der Waals surface area contributed by atoms with Gasteiger partial charge >= 0.3 is 60.3 Å². The maximum absolute atomic E-state index is 12.2. The molecule has 0 aliphatic rings. The molecule has 0 atom stereocenters. The molecule has 0 aromatic rings. The summed E-state index contributed by atoms with van der Waals surface area (Å²) in [6.45, 7) is 27.5. The van der Waals surface area contributed by atoms with E-state index in [0.717, 1.165) is 0 Å². The molecule has 0 rings (SSSR count). The highest BCUT2D eigenvalue weighted by atomic mass is 16.9. The van der Waals surface area contributed by atoms with Gasteiger partial charge in [-0.2, -0.15) is 10.1 Å². The van der Waals surface area contributed by atoms with E-state index in [2.05, 4.69) is 52.9 Å². The Morgan fingerprint density at radius 3 is 0.866 bits per heavy atom. The Labute approximate surface area is 570 Å². The molecule has 0 aliphatic heterocycles. The fraction of sp³-hybridized carbons (Fsp3) is 0.719. The molecule has 97 heavy (non-hydrogen) atoms. The Morgan fingerprint density at radius 1 is 0.289 bits per heavy atom. The number of ether oxygens (including phenoxy) is 11. The maximum Gasteiger partial charge on any atom is 0.407 e. The molecule has 556 valence electrons. The van der Waals surface area contributed by atoms with E-state index in [9.17, 15) is 47.9 Å². The van der Waals surface area contributed by atoms with Crippen molar-refractivity contribution < 1.29 is 119 Å². The van der Waals surface area contributed by atoms with Crippen molar-refractivity contribution in [2.45, 2.75) is 125 Å². The number of hydroxylamine groups is 6. The zero-order valence-corrected chi connectivity index (χ0v) is 58.0. The molecule has 0 aromatic carbocycles. The van der Waals surface area contributed by atoms with Crippen LogP contribution in [0.5, 0.6) is 0 Å². The third-order valence-corrected chi connectivity index (χ3v) is 12.3. The van der Waals surface area contributed by atoms with Crippen molar-refractivity contribution in [1.29, 1.82) is 0 Å². The first kappa shape index (κ1) is 89.3. The van der Waals surface area contributed by atoms with Crippen LogP contribution in [0.4, 0.5) is 24.0 Å². The average Bonchev–Trinajstić information content (AvgIpc) is 3.71. The summed E-state index contributed by atoms with van der Waals surface area (Å²) in [7, 11) is 0. The quantitative estimate of drug-likeness (QED) is 0.0153. The van der Waals surface area contributed by atoms with E-state index in [-0.39, 0.29) is 179 Å². The van der Waals surface area contributed by atoms with Crippen molar-refractivity contribution in [1.82, 2.24) is 41.9 Å². The molecule has 0 aliphatic carbocycles. The molecular formula is C64H110N8O25. The van der Waals surface area contributed by atoms with Crippen molar-refractivity contribution in [2.24, 2.45) is 5.92 Å². The number of esters is 5. The number of rotatable bonds is 61. The van der Waals surface area contributed by atoms with E-state index in [1.165, 1.54) is 32.9 Å². The minimum atomic E-state index is -0.677. The summed E-state index contributed by atoms with van der Waals surface area (Å²) in [5.74, 6) is -2.89. The van der Waals surface area contributed by atoms with Gasteiger partial charge in [-0.1, -0.05) is 45.4 Å². The summed E-state index contributed by atoms with van der Waals surface area (Å²) < 4.78 is 57.1. The van der Waals surface area contributed by atoms with Crippen LogP contribution in [-0.4, -0.2) is 247 Å². The Balaban J connectivity index is 6.04. The molecule has 0 fully saturated rings. The third kappa shape index (κ3) is 57.2. The molecule has 0 spiro atoms. The van der Waals surface area contributed by atoms with Gasteiger partial charge in [0.25, 0.3) is 0 Å². The summed E-state index contributed by atoms with van der Waals surface area (Å²) in [6.07, 6.45) is 4.20. The molecule has 33 heteroatoms. The van der Waals surface area contributed by atoms with Crippen LogP contribution in [0.25, 0.3) is 0 Å². The normalized spacial score (nSPS) is 10.9. The monoisotopic (exact) mass is 1390 g/mol. The Kier molecular flexibility index (Phi) is 55.9. The first-order chi connectivity index (χ1) is 46.5. The molecule has 0 heterocycles. The van der Waals surface area contributed by atoms with Crippen LogP contribution < -0.4 is 26.6 Å². The number of alkyl carbamates (subject to hydrolysis) is 5. The number of hydrogen-bond acceptors (Lipinski definition) is 28. The van der Waals surface area contributed by atoms with Crippen LogP contribution in [0.15, 0.2) is 48.6 Å². The predicted molar refractivity (Wildman–Crippen MR) is 350 cm³/mol. The van der Waals surface area contributed by atoms with Crippen LogP contribution in [0.2, 0.25) is 0 Å². The number of nitrogens with zero attached hydrogens (tertiary/aromatic N) is 3. The van der Waals surface area contributed by atoms with E-state index < -0.39 is 54.3 Å². The Morgan fingerprint density at radius 2 is 0.557 bits per heavy atom. The van der Waals surface area contributed by atoms with Gasteiger partial charge in [0.15, 0.2) is 0 Å². The summed E-state index contributed by atoms with van der Waals surface area (Å²) in [5, 5.41) is 17.5. The predicted octanol–water partition coefficient (Wildman–Crippen LogP) is 6.01. The van der Waals surface area contributed by atoms with Crippen molar-refractivity contribution in [3.8, 4) is 0 Å². The van der Waals surface area contributed by atoms with Gasteiger partial charge in [0.1, 0.15) is 33.0 Å².